The Morgan fingerprint density at radius 2 is 1.52 bits per heavy atom. The van der Waals surface area contributed by atoms with E-state index < -0.39 is 0 Å². The molecule has 0 heterocycles. The normalized spacial score (nSPS) is 10.3. The predicted molar refractivity (Wildman–Crippen MR) is 92.1 cm³/mol. The van der Waals surface area contributed by atoms with E-state index in [9.17, 15) is 5.11 Å². The lowest BCUT2D eigenvalue weighted by atomic mass is 10.2. The topological polar surface area (TPSA) is 66.8 Å². The van der Waals surface area contributed by atoms with Gasteiger partial charge in [0.25, 0.3) is 0 Å². The van der Waals surface area contributed by atoms with Crippen LogP contribution in [0.5, 0.6) is 17.2 Å². The van der Waals surface area contributed by atoms with Gasteiger partial charge >= 0.3 is 5.69 Å². The largest absolute Gasteiger partial charge is 0.501 e. The molecule has 0 unspecified atom stereocenters. The van der Waals surface area contributed by atoms with Crippen LogP contribution in [0.3, 0.4) is 0 Å². The van der Waals surface area contributed by atoms with Crippen molar-refractivity contribution in [2.75, 3.05) is 13.2 Å². The summed E-state index contributed by atoms with van der Waals surface area (Å²) in [5, 5.41) is 19.0. The molecule has 1 aromatic rings. The van der Waals surface area contributed by atoms with E-state index >= 15 is 0 Å². The van der Waals surface area contributed by atoms with Crippen molar-refractivity contribution in [1.29, 1.82) is 5.39 Å². The fourth-order valence-corrected chi connectivity index (χ4v) is 2.29. The van der Waals surface area contributed by atoms with Crippen LogP contribution in [0, 0.1) is 5.39 Å². The van der Waals surface area contributed by atoms with Crippen LogP contribution in [0.25, 0.3) is 4.98 Å². The molecule has 0 fully saturated rings. The molecule has 0 atom stereocenters. The Kier molecular flexibility index (Phi) is 9.62. The van der Waals surface area contributed by atoms with Crippen molar-refractivity contribution >= 4 is 5.69 Å². The number of rotatable bonds is 12. The molecule has 23 heavy (non-hydrogen) atoms. The molecule has 0 aromatic heterocycles. The van der Waals surface area contributed by atoms with Gasteiger partial charge in [-0.05, 0) is 12.8 Å². The van der Waals surface area contributed by atoms with Crippen LogP contribution >= 0.6 is 0 Å². The Bertz CT molecular complexity index is 498. The number of nitrogens with zero attached hydrogens (tertiary/aromatic N) is 2. The number of hydrogen-bond donors (Lipinski definition) is 1. The van der Waals surface area contributed by atoms with Crippen LogP contribution in [0.2, 0.25) is 0 Å². The zero-order valence-corrected chi connectivity index (χ0v) is 14.4. The highest BCUT2D eigenvalue weighted by atomic mass is 16.5. The molecule has 0 radical (unpaired) electrons. The number of diazo groups is 1. The molecule has 0 spiro atoms. The van der Waals surface area contributed by atoms with Crippen molar-refractivity contribution in [1.82, 2.24) is 0 Å². The summed E-state index contributed by atoms with van der Waals surface area (Å²) < 4.78 is 11.3. The quantitative estimate of drug-likeness (QED) is 0.390. The lowest BCUT2D eigenvalue weighted by molar-refractivity contribution is 0.289. The number of aromatic hydroxyl groups is 1. The third-order valence-corrected chi connectivity index (χ3v) is 3.65. The standard InChI is InChI=1S/C18H28N2O3/c1-3-5-7-9-11-22-15-13-16(21)18(20-19)17(14-15)23-12-10-8-6-4-2/h13-14H,3-12H2,1-2H3/p+1. The van der Waals surface area contributed by atoms with Gasteiger partial charge in [0.1, 0.15) is 5.75 Å². The van der Waals surface area contributed by atoms with Crippen LogP contribution in [0.1, 0.15) is 65.2 Å². The minimum atomic E-state index is -0.137. The smallest absolute Gasteiger partial charge is 0.467 e. The summed E-state index contributed by atoms with van der Waals surface area (Å²) in [6.45, 7) is 5.45. The fourth-order valence-electron chi connectivity index (χ4n) is 2.29. The van der Waals surface area contributed by atoms with Gasteiger partial charge in [0, 0.05) is 12.1 Å². The van der Waals surface area contributed by atoms with Crippen molar-refractivity contribution in [3.8, 4) is 17.2 Å². The van der Waals surface area contributed by atoms with Crippen molar-refractivity contribution in [2.45, 2.75) is 65.2 Å². The van der Waals surface area contributed by atoms with Gasteiger partial charge in [-0.2, -0.15) is 0 Å². The van der Waals surface area contributed by atoms with Gasteiger partial charge in [-0.15, -0.1) is 0 Å². The summed E-state index contributed by atoms with van der Waals surface area (Å²) in [5.74, 6) is 0.754. The first-order valence-corrected chi connectivity index (χ1v) is 8.70. The molecular formula is C18H29N2O3+. The monoisotopic (exact) mass is 321 g/mol. The molecule has 0 amide bonds. The Hall–Kier alpha value is -1.96. The van der Waals surface area contributed by atoms with Gasteiger partial charge in [-0.3, -0.25) is 0 Å². The second-order valence-corrected chi connectivity index (χ2v) is 5.71. The number of phenols is 1. The zero-order chi connectivity index (χ0) is 16.9. The predicted octanol–water partition coefficient (Wildman–Crippen LogP) is 5.79. The van der Waals surface area contributed by atoms with Gasteiger partial charge in [0.15, 0.2) is 4.98 Å². The molecule has 0 saturated carbocycles. The maximum atomic E-state index is 9.94. The highest BCUT2D eigenvalue weighted by molar-refractivity contribution is 5.68. The van der Waals surface area contributed by atoms with E-state index in [1.165, 1.54) is 31.7 Å². The molecule has 5 heteroatoms. The summed E-state index contributed by atoms with van der Waals surface area (Å²) in [4.78, 5) is 3.12. The van der Waals surface area contributed by atoms with E-state index in [0.717, 1.165) is 25.7 Å². The Morgan fingerprint density at radius 1 is 0.913 bits per heavy atom. The van der Waals surface area contributed by atoms with E-state index in [2.05, 4.69) is 18.8 Å². The molecule has 1 aromatic carbocycles. The van der Waals surface area contributed by atoms with Crippen LogP contribution < -0.4 is 9.47 Å². The Labute approximate surface area is 139 Å². The second-order valence-electron chi connectivity index (χ2n) is 5.71. The maximum absolute atomic E-state index is 9.94. The highest BCUT2D eigenvalue weighted by Gasteiger charge is 2.23. The molecule has 0 aliphatic carbocycles. The van der Waals surface area contributed by atoms with Gasteiger partial charge in [0.2, 0.25) is 16.9 Å². The third kappa shape index (κ3) is 7.23. The summed E-state index contributed by atoms with van der Waals surface area (Å²) in [6, 6.07) is 3.13. The highest BCUT2D eigenvalue weighted by Crippen LogP contribution is 2.40. The Morgan fingerprint density at radius 3 is 2.09 bits per heavy atom. The summed E-state index contributed by atoms with van der Waals surface area (Å²) in [5.41, 5.74) is 0.0545. The first-order chi connectivity index (χ1) is 11.2. The fraction of sp³-hybridized carbons (Fsp3) is 0.667. The molecule has 5 nitrogen and oxygen atoms in total. The lowest BCUT2D eigenvalue weighted by Gasteiger charge is -2.09. The number of hydrogen-bond acceptors (Lipinski definition) is 4. The molecule has 128 valence electrons. The van der Waals surface area contributed by atoms with Gasteiger partial charge in [-0.25, -0.2) is 0 Å². The van der Waals surface area contributed by atoms with E-state index in [0.29, 0.717) is 24.7 Å². The van der Waals surface area contributed by atoms with Crippen LogP contribution in [0.4, 0.5) is 5.69 Å². The summed E-state index contributed by atoms with van der Waals surface area (Å²) in [7, 11) is 0. The first-order valence-electron chi connectivity index (χ1n) is 8.70. The minimum Gasteiger partial charge on any atom is -0.501 e. The Balaban J connectivity index is 2.58. The van der Waals surface area contributed by atoms with Crippen LogP contribution in [0.15, 0.2) is 12.1 Å². The number of phenolic OH excluding ortho intramolecular Hbond substituents is 1. The van der Waals surface area contributed by atoms with Gasteiger partial charge < -0.3 is 14.6 Å². The molecular weight excluding hydrogens is 292 g/mol. The van der Waals surface area contributed by atoms with E-state index in [-0.39, 0.29) is 11.4 Å². The van der Waals surface area contributed by atoms with E-state index in [1.807, 2.05) is 0 Å². The van der Waals surface area contributed by atoms with E-state index in [1.54, 1.807) is 6.07 Å². The molecule has 0 aliphatic rings. The average Bonchev–Trinajstić information content (AvgIpc) is 2.54. The number of ether oxygens (including phenoxy) is 2. The first kappa shape index (κ1) is 19.1. The van der Waals surface area contributed by atoms with Crippen molar-refractivity contribution in [2.24, 2.45) is 0 Å². The lowest BCUT2D eigenvalue weighted by Crippen LogP contribution is -2.00. The molecule has 0 saturated heterocycles. The number of unbranched alkanes of at least 4 members (excludes halogenated alkanes) is 6. The van der Waals surface area contributed by atoms with Gasteiger partial charge in [-0.1, -0.05) is 52.4 Å². The minimum absolute atomic E-state index is 0.0545. The third-order valence-electron chi connectivity index (χ3n) is 3.65. The second kappa shape index (κ2) is 11.6. The van der Waals surface area contributed by atoms with Crippen molar-refractivity contribution < 1.29 is 14.6 Å². The van der Waals surface area contributed by atoms with E-state index in [4.69, 9.17) is 14.9 Å². The SMILES string of the molecule is CCCCCCOc1cc(O)c([N+]#N)c(OCCCCCC)c1. The van der Waals surface area contributed by atoms with Crippen molar-refractivity contribution in [3.05, 3.63) is 17.1 Å². The van der Waals surface area contributed by atoms with Crippen LogP contribution in [-0.4, -0.2) is 18.3 Å². The molecule has 0 aliphatic heterocycles. The number of benzene rings is 1. The molecule has 1 rings (SSSR count). The van der Waals surface area contributed by atoms with Crippen molar-refractivity contribution in [3.63, 3.8) is 0 Å². The summed E-state index contributed by atoms with van der Waals surface area (Å²) >= 11 is 0. The summed E-state index contributed by atoms with van der Waals surface area (Å²) in [6.07, 6.45) is 8.86. The van der Waals surface area contributed by atoms with Gasteiger partial charge in [0.05, 0.1) is 13.2 Å². The van der Waals surface area contributed by atoms with Crippen LogP contribution in [-0.2, 0) is 0 Å². The average molecular weight is 321 g/mol. The zero-order valence-electron chi connectivity index (χ0n) is 14.4. The maximum Gasteiger partial charge on any atom is 0.467 e. The molecule has 1 N–H and O–H groups in total. The molecule has 0 bridgehead atoms.